The van der Waals surface area contributed by atoms with Crippen LogP contribution in [-0.4, -0.2) is 64.1 Å². The van der Waals surface area contributed by atoms with Crippen LogP contribution in [0.25, 0.3) is 0 Å². The number of likely N-dealkylation sites (N-methyl/N-ethyl adjacent to an activating group) is 1. The molecule has 7 heteroatoms. The van der Waals surface area contributed by atoms with Crippen molar-refractivity contribution in [2.75, 3.05) is 13.6 Å². The first kappa shape index (κ1) is 18.1. The van der Waals surface area contributed by atoms with E-state index >= 15 is 0 Å². The van der Waals surface area contributed by atoms with Gasteiger partial charge in [0.05, 0.1) is 0 Å². The zero-order valence-electron chi connectivity index (χ0n) is 13.5. The van der Waals surface area contributed by atoms with Gasteiger partial charge >= 0.3 is 5.97 Å². The van der Waals surface area contributed by atoms with E-state index in [0.717, 1.165) is 0 Å². The monoisotopic (exact) mass is 312 g/mol. The maximum absolute atomic E-state index is 12.6. The van der Waals surface area contributed by atoms with Crippen molar-refractivity contribution in [3.05, 3.63) is 0 Å². The van der Waals surface area contributed by atoms with E-state index in [2.05, 4.69) is 0 Å². The molecule has 7 nitrogen and oxygen atoms in total. The Morgan fingerprint density at radius 2 is 1.86 bits per heavy atom. The molecule has 0 unspecified atom stereocenters. The highest BCUT2D eigenvalue weighted by Gasteiger charge is 2.39. The number of aliphatic carboxylic acids is 1. The van der Waals surface area contributed by atoms with E-state index in [1.807, 2.05) is 13.8 Å². The number of hydrogen-bond acceptors (Lipinski definition) is 4. The summed E-state index contributed by atoms with van der Waals surface area (Å²) in [4.78, 5) is 49.5. The number of Topliss-reactive ketones (excluding diaryl/α,β-unsaturated/α-hetero) is 1. The van der Waals surface area contributed by atoms with E-state index in [9.17, 15) is 24.3 Å². The summed E-state index contributed by atoms with van der Waals surface area (Å²) in [5, 5.41) is 9.32. The van der Waals surface area contributed by atoms with Crippen molar-refractivity contribution in [1.82, 2.24) is 9.80 Å². The zero-order chi connectivity index (χ0) is 17.0. The predicted molar refractivity (Wildman–Crippen MR) is 79.1 cm³/mol. The first-order valence-corrected chi connectivity index (χ1v) is 7.47. The topological polar surface area (TPSA) is 95.0 Å². The van der Waals surface area contributed by atoms with Crippen LogP contribution in [0, 0.1) is 5.92 Å². The molecule has 1 aliphatic rings. The van der Waals surface area contributed by atoms with Crippen LogP contribution in [0.4, 0.5) is 0 Å². The second kappa shape index (κ2) is 7.38. The molecule has 22 heavy (non-hydrogen) atoms. The first-order valence-electron chi connectivity index (χ1n) is 7.47. The van der Waals surface area contributed by atoms with Gasteiger partial charge in [0.15, 0.2) is 0 Å². The van der Waals surface area contributed by atoms with E-state index in [-0.39, 0.29) is 5.92 Å². The molecule has 1 N–H and O–H groups in total. The molecular weight excluding hydrogens is 288 g/mol. The summed E-state index contributed by atoms with van der Waals surface area (Å²) in [5.74, 6) is -2.65. The lowest BCUT2D eigenvalue weighted by atomic mass is 10.0. The summed E-state index contributed by atoms with van der Waals surface area (Å²) in [7, 11) is 1.44. The molecule has 1 rings (SSSR count). The minimum absolute atomic E-state index is 0.120. The molecule has 0 aromatic rings. The van der Waals surface area contributed by atoms with Gasteiger partial charge in [-0.05, 0) is 25.2 Å². The molecule has 124 valence electrons. The third-order valence-electron chi connectivity index (χ3n) is 3.89. The standard InChI is InChI=1S/C15H24N2O5/c1-9(2)8-12(15(21)22)16(4)14(20)11-6-5-7-17(11)13(19)10(3)18/h9,11-12H,5-8H2,1-4H3,(H,21,22)/t11-,12+/m0/s1. The van der Waals surface area contributed by atoms with Crippen molar-refractivity contribution in [1.29, 1.82) is 0 Å². The van der Waals surface area contributed by atoms with Gasteiger partial charge in [-0.1, -0.05) is 13.8 Å². The molecule has 1 aliphatic heterocycles. The fourth-order valence-electron chi connectivity index (χ4n) is 2.73. The molecule has 0 saturated carbocycles. The van der Waals surface area contributed by atoms with E-state index < -0.39 is 35.7 Å². The molecule has 0 spiro atoms. The van der Waals surface area contributed by atoms with Crippen molar-refractivity contribution < 1.29 is 24.3 Å². The Hall–Kier alpha value is -1.92. The molecule has 0 aromatic heterocycles. The highest BCUT2D eigenvalue weighted by molar-refractivity contribution is 6.35. The van der Waals surface area contributed by atoms with Crippen molar-refractivity contribution in [3.8, 4) is 0 Å². The summed E-state index contributed by atoms with van der Waals surface area (Å²) >= 11 is 0. The number of rotatable bonds is 6. The van der Waals surface area contributed by atoms with Crippen LogP contribution in [0.2, 0.25) is 0 Å². The van der Waals surface area contributed by atoms with Gasteiger partial charge in [0.2, 0.25) is 11.7 Å². The number of likely N-dealkylation sites (tertiary alicyclic amines) is 1. The highest BCUT2D eigenvalue weighted by atomic mass is 16.4. The van der Waals surface area contributed by atoms with Gasteiger partial charge in [0.25, 0.3) is 5.91 Å². The number of carboxylic acid groups (broad SMARTS) is 1. The second-order valence-electron chi connectivity index (χ2n) is 6.15. The van der Waals surface area contributed by atoms with Gasteiger partial charge in [0, 0.05) is 20.5 Å². The lowest BCUT2D eigenvalue weighted by Crippen LogP contribution is -2.52. The van der Waals surface area contributed by atoms with Crippen LogP contribution < -0.4 is 0 Å². The van der Waals surface area contributed by atoms with Crippen molar-refractivity contribution >= 4 is 23.6 Å². The largest absolute Gasteiger partial charge is 0.480 e. The average molecular weight is 312 g/mol. The van der Waals surface area contributed by atoms with Crippen LogP contribution in [0.1, 0.15) is 40.0 Å². The zero-order valence-corrected chi connectivity index (χ0v) is 13.5. The molecule has 0 radical (unpaired) electrons. The van der Waals surface area contributed by atoms with Crippen LogP contribution in [-0.2, 0) is 19.2 Å². The molecule has 0 aliphatic carbocycles. The third kappa shape index (κ3) is 4.05. The van der Waals surface area contributed by atoms with Crippen LogP contribution in [0.5, 0.6) is 0 Å². The number of amides is 2. The van der Waals surface area contributed by atoms with Gasteiger partial charge in [-0.15, -0.1) is 0 Å². The normalized spacial score (nSPS) is 19.1. The third-order valence-corrected chi connectivity index (χ3v) is 3.89. The van der Waals surface area contributed by atoms with Gasteiger partial charge in [0.1, 0.15) is 12.1 Å². The lowest BCUT2D eigenvalue weighted by Gasteiger charge is -2.31. The van der Waals surface area contributed by atoms with E-state index in [4.69, 9.17) is 0 Å². The van der Waals surface area contributed by atoms with E-state index in [1.165, 1.54) is 23.8 Å². The van der Waals surface area contributed by atoms with Crippen LogP contribution in [0.15, 0.2) is 0 Å². The Morgan fingerprint density at radius 1 is 1.27 bits per heavy atom. The van der Waals surface area contributed by atoms with Crippen molar-refractivity contribution in [3.63, 3.8) is 0 Å². The smallest absolute Gasteiger partial charge is 0.326 e. The molecule has 2 amide bonds. The minimum atomic E-state index is -1.06. The predicted octanol–water partition coefficient (Wildman–Crippen LogP) is 0.524. The van der Waals surface area contributed by atoms with E-state index in [1.54, 1.807) is 0 Å². The fraction of sp³-hybridized carbons (Fsp3) is 0.733. The summed E-state index contributed by atoms with van der Waals surface area (Å²) in [6.07, 6.45) is 1.42. The number of carboxylic acids is 1. The Morgan fingerprint density at radius 3 is 2.32 bits per heavy atom. The molecule has 1 fully saturated rings. The Kier molecular flexibility index (Phi) is 6.08. The molecule has 2 atom stereocenters. The molecule has 0 bridgehead atoms. The summed E-state index contributed by atoms with van der Waals surface area (Å²) in [6, 6.07) is -1.67. The number of ketones is 1. The lowest BCUT2D eigenvalue weighted by molar-refractivity contribution is -0.154. The van der Waals surface area contributed by atoms with Crippen LogP contribution >= 0.6 is 0 Å². The fourth-order valence-corrected chi connectivity index (χ4v) is 2.73. The highest BCUT2D eigenvalue weighted by Crippen LogP contribution is 2.21. The van der Waals surface area contributed by atoms with Gasteiger partial charge < -0.3 is 14.9 Å². The van der Waals surface area contributed by atoms with Crippen LogP contribution in [0.3, 0.4) is 0 Å². The number of hydrogen-bond donors (Lipinski definition) is 1. The number of carbonyl (C=O) groups is 4. The van der Waals surface area contributed by atoms with Gasteiger partial charge in [-0.25, -0.2) is 4.79 Å². The minimum Gasteiger partial charge on any atom is -0.480 e. The van der Waals surface area contributed by atoms with Crippen molar-refractivity contribution in [2.45, 2.75) is 52.1 Å². The summed E-state index contributed by atoms with van der Waals surface area (Å²) in [6.45, 7) is 5.29. The molecular formula is C15H24N2O5. The van der Waals surface area contributed by atoms with Gasteiger partial charge in [-0.3, -0.25) is 14.4 Å². The van der Waals surface area contributed by atoms with Crippen molar-refractivity contribution in [2.24, 2.45) is 5.92 Å². The second-order valence-corrected chi connectivity index (χ2v) is 6.15. The maximum Gasteiger partial charge on any atom is 0.326 e. The summed E-state index contributed by atoms with van der Waals surface area (Å²) < 4.78 is 0. The quantitative estimate of drug-likeness (QED) is 0.722. The Labute approximate surface area is 130 Å². The molecule has 1 heterocycles. The SMILES string of the molecule is CC(=O)C(=O)N1CCC[C@H]1C(=O)N(C)[C@H](CC(C)C)C(=O)O. The number of nitrogens with zero attached hydrogens (tertiary/aromatic N) is 2. The molecule has 0 aromatic carbocycles. The Bertz CT molecular complexity index is 475. The summed E-state index contributed by atoms with van der Waals surface area (Å²) in [5.41, 5.74) is 0. The van der Waals surface area contributed by atoms with E-state index in [0.29, 0.717) is 25.8 Å². The Balaban J connectivity index is 2.90. The van der Waals surface area contributed by atoms with Gasteiger partial charge in [-0.2, -0.15) is 0 Å². The average Bonchev–Trinajstić information content (AvgIpc) is 2.90. The maximum atomic E-state index is 12.6. The molecule has 1 saturated heterocycles. The first-order chi connectivity index (χ1) is 10.2. The number of carbonyl (C=O) groups excluding carboxylic acids is 3.